The number of aromatic nitrogens is 3. The summed E-state index contributed by atoms with van der Waals surface area (Å²) in [5, 5.41) is 16.0. The quantitative estimate of drug-likeness (QED) is 0.772. The molecule has 16 heavy (non-hydrogen) atoms. The van der Waals surface area contributed by atoms with Gasteiger partial charge in [-0.3, -0.25) is 4.79 Å². The standard InChI is InChI=1S/C10H7N5O/c11-5-7-1-3-8(4-2-7)15-6-9(10(12)16)13-14-15/h1-4,6H,(H2,12,16). The van der Waals surface area contributed by atoms with Crippen molar-refractivity contribution in [1.82, 2.24) is 15.0 Å². The Bertz CT molecular complexity index is 564. The molecule has 0 aliphatic rings. The summed E-state index contributed by atoms with van der Waals surface area (Å²) in [5.74, 6) is -0.625. The Morgan fingerprint density at radius 1 is 1.38 bits per heavy atom. The van der Waals surface area contributed by atoms with E-state index < -0.39 is 5.91 Å². The Balaban J connectivity index is 2.36. The van der Waals surface area contributed by atoms with Gasteiger partial charge in [-0.05, 0) is 24.3 Å². The van der Waals surface area contributed by atoms with Gasteiger partial charge >= 0.3 is 0 Å². The van der Waals surface area contributed by atoms with Crippen molar-refractivity contribution in [3.8, 4) is 11.8 Å². The fraction of sp³-hybridized carbons (Fsp3) is 0. The number of hydrogen-bond donors (Lipinski definition) is 1. The Labute approximate surface area is 90.9 Å². The molecule has 0 bridgehead atoms. The highest BCUT2D eigenvalue weighted by Crippen LogP contribution is 2.08. The van der Waals surface area contributed by atoms with Crippen molar-refractivity contribution in [2.24, 2.45) is 5.73 Å². The van der Waals surface area contributed by atoms with Gasteiger partial charge in [-0.15, -0.1) is 5.10 Å². The van der Waals surface area contributed by atoms with E-state index in [1.807, 2.05) is 6.07 Å². The molecule has 1 heterocycles. The number of primary amides is 1. The van der Waals surface area contributed by atoms with Crippen LogP contribution < -0.4 is 5.73 Å². The van der Waals surface area contributed by atoms with Crippen LogP contribution in [0.5, 0.6) is 0 Å². The van der Waals surface area contributed by atoms with Crippen LogP contribution in [0.15, 0.2) is 30.5 Å². The fourth-order valence-electron chi connectivity index (χ4n) is 1.19. The van der Waals surface area contributed by atoms with E-state index >= 15 is 0 Å². The van der Waals surface area contributed by atoms with Crippen molar-refractivity contribution in [3.05, 3.63) is 41.7 Å². The molecular weight excluding hydrogens is 206 g/mol. The monoisotopic (exact) mass is 213 g/mol. The molecule has 1 aromatic heterocycles. The lowest BCUT2D eigenvalue weighted by atomic mass is 10.2. The van der Waals surface area contributed by atoms with Crippen LogP contribution in [0.1, 0.15) is 16.1 Å². The first-order valence-electron chi connectivity index (χ1n) is 4.43. The molecule has 2 rings (SSSR count). The third-order valence-corrected chi connectivity index (χ3v) is 2.01. The van der Waals surface area contributed by atoms with Gasteiger partial charge in [-0.25, -0.2) is 4.68 Å². The molecule has 2 aromatic rings. The zero-order chi connectivity index (χ0) is 11.5. The molecule has 1 amide bonds. The Kier molecular flexibility index (Phi) is 2.36. The molecule has 0 unspecified atom stereocenters. The van der Waals surface area contributed by atoms with E-state index in [1.54, 1.807) is 24.3 Å². The first kappa shape index (κ1) is 9.86. The minimum Gasteiger partial charge on any atom is -0.364 e. The zero-order valence-corrected chi connectivity index (χ0v) is 8.16. The smallest absolute Gasteiger partial charge is 0.270 e. The van der Waals surface area contributed by atoms with Crippen LogP contribution in [-0.4, -0.2) is 20.9 Å². The molecule has 0 atom stereocenters. The molecule has 1 aromatic carbocycles. The lowest BCUT2D eigenvalue weighted by Crippen LogP contribution is -2.11. The van der Waals surface area contributed by atoms with Crippen LogP contribution in [0.25, 0.3) is 5.69 Å². The van der Waals surface area contributed by atoms with Crippen molar-refractivity contribution in [1.29, 1.82) is 5.26 Å². The van der Waals surface area contributed by atoms with Gasteiger partial charge in [-0.1, -0.05) is 5.21 Å². The van der Waals surface area contributed by atoms with Gasteiger partial charge in [0.25, 0.3) is 5.91 Å². The van der Waals surface area contributed by atoms with Gasteiger partial charge in [0, 0.05) is 0 Å². The molecule has 0 aliphatic heterocycles. The Hall–Kier alpha value is -2.68. The number of nitriles is 1. The fourth-order valence-corrected chi connectivity index (χ4v) is 1.19. The maximum absolute atomic E-state index is 10.8. The van der Waals surface area contributed by atoms with E-state index in [4.69, 9.17) is 11.0 Å². The van der Waals surface area contributed by atoms with Crippen LogP contribution in [-0.2, 0) is 0 Å². The molecule has 0 fully saturated rings. The second-order valence-electron chi connectivity index (χ2n) is 3.07. The van der Waals surface area contributed by atoms with E-state index in [2.05, 4.69) is 10.3 Å². The number of nitrogens with zero attached hydrogens (tertiary/aromatic N) is 4. The van der Waals surface area contributed by atoms with E-state index in [0.29, 0.717) is 11.3 Å². The highest BCUT2D eigenvalue weighted by molar-refractivity contribution is 5.90. The number of hydrogen-bond acceptors (Lipinski definition) is 4. The molecular formula is C10H7N5O. The normalized spacial score (nSPS) is 9.69. The van der Waals surface area contributed by atoms with E-state index in [-0.39, 0.29) is 5.69 Å². The van der Waals surface area contributed by atoms with Gasteiger partial charge in [0.05, 0.1) is 23.5 Å². The third kappa shape index (κ3) is 1.74. The van der Waals surface area contributed by atoms with Crippen molar-refractivity contribution >= 4 is 5.91 Å². The average Bonchev–Trinajstić information content (AvgIpc) is 2.78. The molecule has 0 aliphatic carbocycles. The highest BCUT2D eigenvalue weighted by atomic mass is 16.1. The van der Waals surface area contributed by atoms with Crippen molar-refractivity contribution < 1.29 is 4.79 Å². The third-order valence-electron chi connectivity index (χ3n) is 2.01. The van der Waals surface area contributed by atoms with E-state index in [9.17, 15) is 4.79 Å². The number of carbonyl (C=O) groups is 1. The lowest BCUT2D eigenvalue weighted by Gasteiger charge is -1.98. The van der Waals surface area contributed by atoms with E-state index in [1.165, 1.54) is 10.9 Å². The van der Waals surface area contributed by atoms with Crippen molar-refractivity contribution in [2.45, 2.75) is 0 Å². The first-order valence-corrected chi connectivity index (χ1v) is 4.43. The van der Waals surface area contributed by atoms with Gasteiger partial charge in [0.15, 0.2) is 5.69 Å². The van der Waals surface area contributed by atoms with Crippen LogP contribution in [0.3, 0.4) is 0 Å². The molecule has 0 radical (unpaired) electrons. The zero-order valence-electron chi connectivity index (χ0n) is 8.16. The highest BCUT2D eigenvalue weighted by Gasteiger charge is 2.06. The summed E-state index contributed by atoms with van der Waals surface area (Å²) in [6.07, 6.45) is 1.43. The molecule has 6 heteroatoms. The minimum atomic E-state index is -0.625. The minimum absolute atomic E-state index is 0.101. The van der Waals surface area contributed by atoms with Crippen LogP contribution in [0.4, 0.5) is 0 Å². The predicted octanol–water partition coefficient (Wildman–Crippen LogP) is 0.238. The maximum Gasteiger partial charge on any atom is 0.270 e. The van der Waals surface area contributed by atoms with Gasteiger partial charge in [-0.2, -0.15) is 5.26 Å². The maximum atomic E-state index is 10.8. The second kappa shape index (κ2) is 3.82. The largest absolute Gasteiger partial charge is 0.364 e. The number of benzene rings is 1. The molecule has 78 valence electrons. The van der Waals surface area contributed by atoms with Crippen LogP contribution in [0.2, 0.25) is 0 Å². The van der Waals surface area contributed by atoms with Crippen LogP contribution in [0, 0.1) is 11.3 Å². The number of rotatable bonds is 2. The van der Waals surface area contributed by atoms with Gasteiger partial charge in [0.1, 0.15) is 0 Å². The van der Waals surface area contributed by atoms with Crippen LogP contribution >= 0.6 is 0 Å². The summed E-state index contributed by atoms with van der Waals surface area (Å²) < 4.78 is 1.42. The van der Waals surface area contributed by atoms with Gasteiger partial charge < -0.3 is 5.73 Å². The summed E-state index contributed by atoms with van der Waals surface area (Å²) in [7, 11) is 0. The Morgan fingerprint density at radius 2 is 2.06 bits per heavy atom. The summed E-state index contributed by atoms with van der Waals surface area (Å²) in [5.41, 5.74) is 6.42. The molecule has 6 nitrogen and oxygen atoms in total. The van der Waals surface area contributed by atoms with E-state index in [0.717, 1.165) is 0 Å². The molecule has 0 spiro atoms. The molecule has 0 saturated heterocycles. The summed E-state index contributed by atoms with van der Waals surface area (Å²) >= 11 is 0. The van der Waals surface area contributed by atoms with Gasteiger partial charge in [0.2, 0.25) is 0 Å². The molecule has 2 N–H and O–H groups in total. The summed E-state index contributed by atoms with van der Waals surface area (Å²) in [6.45, 7) is 0. The SMILES string of the molecule is N#Cc1ccc(-n2cc(C(N)=O)nn2)cc1. The molecule has 0 saturated carbocycles. The number of nitrogens with two attached hydrogens (primary N) is 1. The predicted molar refractivity (Wildman–Crippen MR) is 54.6 cm³/mol. The second-order valence-corrected chi connectivity index (χ2v) is 3.07. The Morgan fingerprint density at radius 3 is 2.56 bits per heavy atom. The number of carbonyl (C=O) groups excluding carboxylic acids is 1. The summed E-state index contributed by atoms with van der Waals surface area (Å²) in [4.78, 5) is 10.8. The van der Waals surface area contributed by atoms with Crippen molar-refractivity contribution in [2.75, 3.05) is 0 Å². The number of amides is 1. The van der Waals surface area contributed by atoms with Crippen molar-refractivity contribution in [3.63, 3.8) is 0 Å². The lowest BCUT2D eigenvalue weighted by molar-refractivity contribution is 0.0995. The first-order chi connectivity index (χ1) is 7.70. The average molecular weight is 213 g/mol. The topological polar surface area (TPSA) is 97.6 Å². The summed E-state index contributed by atoms with van der Waals surface area (Å²) in [6, 6.07) is 8.73.